The number of aryl methyl sites for hydroxylation is 1. The Morgan fingerprint density at radius 1 is 1.00 bits per heavy atom. The predicted molar refractivity (Wildman–Crippen MR) is 117 cm³/mol. The molecule has 1 amide bonds. The molecule has 1 N–H and O–H groups in total. The monoisotopic (exact) mass is 398 g/mol. The van der Waals surface area contributed by atoms with Crippen LogP contribution in [0.25, 0.3) is 5.82 Å². The van der Waals surface area contributed by atoms with Crippen LogP contribution in [-0.4, -0.2) is 20.0 Å². The lowest BCUT2D eigenvalue weighted by atomic mass is 10.2. The van der Waals surface area contributed by atoms with Gasteiger partial charge in [0.15, 0.2) is 0 Å². The lowest BCUT2D eigenvalue weighted by Gasteiger charge is -2.10. The second-order valence-electron chi connectivity index (χ2n) is 7.10. The first-order chi connectivity index (χ1) is 14.5. The Balaban J connectivity index is 1.61. The standard InChI is InChI=1S/C24H22N4O2/c1-17-15-20(18(2)28(17)22-12-6-7-13-25-22)23(29)26-21-11-8-14-27(24(21)30)16-19-9-4-3-5-10-19/h3-15H,16H2,1-2H3,(H,26,29). The minimum absolute atomic E-state index is 0.242. The van der Waals surface area contributed by atoms with Gasteiger partial charge in [0.1, 0.15) is 11.5 Å². The molecule has 4 rings (SSSR count). The van der Waals surface area contributed by atoms with Crippen molar-refractivity contribution in [3.05, 3.63) is 112 Å². The van der Waals surface area contributed by atoms with E-state index in [1.165, 1.54) is 0 Å². The Labute approximate surface area is 174 Å². The van der Waals surface area contributed by atoms with Crippen LogP contribution in [0.3, 0.4) is 0 Å². The van der Waals surface area contributed by atoms with E-state index in [-0.39, 0.29) is 17.2 Å². The van der Waals surface area contributed by atoms with Gasteiger partial charge in [0.05, 0.1) is 12.1 Å². The van der Waals surface area contributed by atoms with Crippen LogP contribution in [0.15, 0.2) is 83.9 Å². The SMILES string of the molecule is Cc1cc(C(=O)Nc2cccn(Cc3ccccc3)c2=O)c(C)n1-c1ccccn1. The third-order valence-electron chi connectivity index (χ3n) is 5.02. The van der Waals surface area contributed by atoms with E-state index >= 15 is 0 Å². The number of aromatic nitrogens is 3. The Kier molecular flexibility index (Phi) is 5.30. The van der Waals surface area contributed by atoms with E-state index in [2.05, 4.69) is 10.3 Å². The lowest BCUT2D eigenvalue weighted by Crippen LogP contribution is -2.26. The molecule has 0 saturated heterocycles. The van der Waals surface area contributed by atoms with E-state index in [4.69, 9.17) is 0 Å². The fourth-order valence-electron chi connectivity index (χ4n) is 3.56. The fourth-order valence-corrected chi connectivity index (χ4v) is 3.56. The number of hydrogen-bond donors (Lipinski definition) is 1. The Bertz CT molecular complexity index is 1240. The molecule has 6 nitrogen and oxygen atoms in total. The first-order valence-corrected chi connectivity index (χ1v) is 9.69. The molecule has 3 aromatic heterocycles. The van der Waals surface area contributed by atoms with Crippen LogP contribution in [0.5, 0.6) is 0 Å². The molecule has 0 saturated carbocycles. The van der Waals surface area contributed by atoms with E-state index in [1.54, 1.807) is 29.1 Å². The van der Waals surface area contributed by atoms with Gasteiger partial charge in [0.25, 0.3) is 11.5 Å². The van der Waals surface area contributed by atoms with Crippen LogP contribution in [0.1, 0.15) is 27.3 Å². The lowest BCUT2D eigenvalue weighted by molar-refractivity contribution is 0.102. The summed E-state index contributed by atoms with van der Waals surface area (Å²) in [6.07, 6.45) is 3.44. The molecule has 0 spiro atoms. The van der Waals surface area contributed by atoms with Crippen molar-refractivity contribution in [1.29, 1.82) is 0 Å². The third kappa shape index (κ3) is 3.80. The molecule has 0 aliphatic heterocycles. The highest BCUT2D eigenvalue weighted by atomic mass is 16.2. The Morgan fingerprint density at radius 2 is 1.77 bits per heavy atom. The van der Waals surface area contributed by atoms with Gasteiger partial charge < -0.3 is 14.5 Å². The van der Waals surface area contributed by atoms with Crippen molar-refractivity contribution in [2.75, 3.05) is 5.32 Å². The number of benzene rings is 1. The number of nitrogens with zero attached hydrogens (tertiary/aromatic N) is 3. The maximum atomic E-state index is 13.0. The largest absolute Gasteiger partial charge is 0.317 e. The predicted octanol–water partition coefficient (Wildman–Crippen LogP) is 3.95. The van der Waals surface area contributed by atoms with Crippen molar-refractivity contribution in [2.45, 2.75) is 20.4 Å². The highest BCUT2D eigenvalue weighted by Gasteiger charge is 2.18. The van der Waals surface area contributed by atoms with E-state index in [9.17, 15) is 9.59 Å². The number of anilines is 1. The second kappa shape index (κ2) is 8.21. The molecule has 6 heteroatoms. The summed E-state index contributed by atoms with van der Waals surface area (Å²) in [7, 11) is 0. The maximum Gasteiger partial charge on any atom is 0.274 e. The summed E-state index contributed by atoms with van der Waals surface area (Å²) in [5, 5.41) is 2.78. The summed E-state index contributed by atoms with van der Waals surface area (Å²) >= 11 is 0. The molecule has 0 unspecified atom stereocenters. The highest BCUT2D eigenvalue weighted by Crippen LogP contribution is 2.20. The highest BCUT2D eigenvalue weighted by molar-refractivity contribution is 6.05. The number of carbonyl (C=O) groups is 1. The molecule has 150 valence electrons. The number of nitrogens with one attached hydrogen (secondary N) is 1. The Morgan fingerprint density at radius 3 is 2.50 bits per heavy atom. The summed E-state index contributed by atoms with van der Waals surface area (Å²) in [6, 6.07) is 20.6. The molecule has 0 fully saturated rings. The summed E-state index contributed by atoms with van der Waals surface area (Å²) in [5.74, 6) is 0.427. The maximum absolute atomic E-state index is 13.0. The van der Waals surface area contributed by atoms with Crippen LogP contribution >= 0.6 is 0 Å². The summed E-state index contributed by atoms with van der Waals surface area (Å²) in [5.41, 5.74) is 3.20. The molecule has 0 radical (unpaired) electrons. The average Bonchev–Trinajstić information content (AvgIpc) is 3.06. The molecule has 0 aliphatic rings. The number of pyridine rings is 2. The van der Waals surface area contributed by atoms with E-state index in [0.29, 0.717) is 12.1 Å². The molecule has 0 bridgehead atoms. The molecule has 0 aliphatic carbocycles. The number of rotatable bonds is 5. The van der Waals surface area contributed by atoms with Gasteiger partial charge in [-0.25, -0.2) is 4.98 Å². The van der Waals surface area contributed by atoms with Gasteiger partial charge >= 0.3 is 0 Å². The zero-order valence-corrected chi connectivity index (χ0v) is 16.9. The Hall–Kier alpha value is -3.93. The molecular weight excluding hydrogens is 376 g/mol. The normalized spacial score (nSPS) is 10.7. The topological polar surface area (TPSA) is 68.9 Å². The van der Waals surface area contributed by atoms with Gasteiger partial charge in [-0.05, 0) is 49.7 Å². The van der Waals surface area contributed by atoms with Crippen molar-refractivity contribution in [1.82, 2.24) is 14.1 Å². The van der Waals surface area contributed by atoms with Crippen molar-refractivity contribution >= 4 is 11.6 Å². The first-order valence-electron chi connectivity index (χ1n) is 9.69. The van der Waals surface area contributed by atoms with E-state index < -0.39 is 0 Å². The number of carbonyl (C=O) groups excluding carboxylic acids is 1. The average molecular weight is 398 g/mol. The van der Waals surface area contributed by atoms with Crippen LogP contribution in [-0.2, 0) is 6.54 Å². The van der Waals surface area contributed by atoms with Gasteiger partial charge in [0, 0.05) is 23.8 Å². The van der Waals surface area contributed by atoms with Crippen molar-refractivity contribution in [3.8, 4) is 5.82 Å². The van der Waals surface area contributed by atoms with Gasteiger partial charge in [-0.2, -0.15) is 0 Å². The summed E-state index contributed by atoms with van der Waals surface area (Å²) in [6.45, 7) is 4.24. The minimum atomic E-state index is -0.320. The zero-order valence-electron chi connectivity index (χ0n) is 16.9. The molecule has 4 aromatic rings. The second-order valence-corrected chi connectivity index (χ2v) is 7.10. The van der Waals surface area contributed by atoms with Crippen LogP contribution in [0, 0.1) is 13.8 Å². The zero-order chi connectivity index (χ0) is 21.1. The molecule has 30 heavy (non-hydrogen) atoms. The van der Waals surface area contributed by atoms with Gasteiger partial charge in [-0.15, -0.1) is 0 Å². The minimum Gasteiger partial charge on any atom is -0.317 e. The number of amides is 1. The summed E-state index contributed by atoms with van der Waals surface area (Å²) in [4.78, 5) is 30.2. The molecule has 1 aromatic carbocycles. The molecule has 0 atom stereocenters. The van der Waals surface area contributed by atoms with Crippen molar-refractivity contribution < 1.29 is 4.79 Å². The summed E-state index contributed by atoms with van der Waals surface area (Å²) < 4.78 is 3.51. The van der Waals surface area contributed by atoms with Gasteiger partial charge in [-0.1, -0.05) is 36.4 Å². The van der Waals surface area contributed by atoms with Crippen LogP contribution in [0.2, 0.25) is 0 Å². The van der Waals surface area contributed by atoms with Crippen molar-refractivity contribution in [3.63, 3.8) is 0 Å². The third-order valence-corrected chi connectivity index (χ3v) is 5.02. The molecular formula is C24H22N4O2. The van der Waals surface area contributed by atoms with Crippen LogP contribution in [0.4, 0.5) is 5.69 Å². The smallest absolute Gasteiger partial charge is 0.274 e. The van der Waals surface area contributed by atoms with Crippen LogP contribution < -0.4 is 10.9 Å². The van der Waals surface area contributed by atoms with Gasteiger partial charge in [-0.3, -0.25) is 9.59 Å². The quantitative estimate of drug-likeness (QED) is 0.553. The fraction of sp³-hybridized carbons (Fsp3) is 0.125. The van der Waals surface area contributed by atoms with E-state index in [0.717, 1.165) is 22.8 Å². The first kappa shape index (κ1) is 19.4. The van der Waals surface area contributed by atoms with E-state index in [1.807, 2.05) is 73.0 Å². The van der Waals surface area contributed by atoms with Gasteiger partial charge in [0.2, 0.25) is 0 Å². The van der Waals surface area contributed by atoms with Crippen molar-refractivity contribution in [2.24, 2.45) is 0 Å². The number of hydrogen-bond acceptors (Lipinski definition) is 3. The molecule has 3 heterocycles.